The summed E-state index contributed by atoms with van der Waals surface area (Å²) >= 11 is 0. The lowest BCUT2D eigenvalue weighted by molar-refractivity contribution is -0.118. The van der Waals surface area contributed by atoms with E-state index < -0.39 is 0 Å². The minimum Gasteiger partial charge on any atom is -0.489 e. The van der Waals surface area contributed by atoms with E-state index in [2.05, 4.69) is 21.4 Å². The lowest BCUT2D eigenvalue weighted by Gasteiger charge is -2.18. The fourth-order valence-corrected chi connectivity index (χ4v) is 4.19. The molecule has 0 saturated carbocycles. The lowest BCUT2D eigenvalue weighted by Crippen LogP contribution is -2.30. The molecule has 2 heterocycles. The number of carbonyl (C=O) groups is 1. The maximum Gasteiger partial charge on any atom is 0.258 e. The number of carbonyl (C=O) groups excluding carboxylic acids is 1. The number of benzene rings is 2. The van der Waals surface area contributed by atoms with Crippen LogP contribution in [0.15, 0.2) is 40.9 Å². The Bertz CT molecular complexity index is 1120. The van der Waals surface area contributed by atoms with Crippen molar-refractivity contribution in [3.8, 4) is 28.6 Å². The number of hydrogen-bond acceptors (Lipinski definition) is 7. The third-order valence-corrected chi connectivity index (χ3v) is 5.85. The molecule has 8 nitrogen and oxygen atoms in total. The second kappa shape index (κ2) is 10.0. The summed E-state index contributed by atoms with van der Waals surface area (Å²) in [5.41, 5.74) is 10.5. The first-order chi connectivity index (χ1) is 15.9. The zero-order valence-electron chi connectivity index (χ0n) is 19.4. The van der Waals surface area contributed by atoms with Gasteiger partial charge >= 0.3 is 0 Å². The van der Waals surface area contributed by atoms with E-state index in [1.807, 2.05) is 51.2 Å². The van der Waals surface area contributed by atoms with Crippen LogP contribution in [-0.4, -0.2) is 53.7 Å². The van der Waals surface area contributed by atoms with Crippen LogP contribution in [0.5, 0.6) is 5.75 Å². The number of anilines is 1. The van der Waals surface area contributed by atoms with Gasteiger partial charge in [-0.25, -0.2) is 0 Å². The summed E-state index contributed by atoms with van der Waals surface area (Å²) in [5, 5.41) is 7.46. The predicted octanol–water partition coefficient (Wildman–Crippen LogP) is 3.51. The molecule has 1 aromatic heterocycles. The van der Waals surface area contributed by atoms with E-state index in [-0.39, 0.29) is 12.0 Å². The van der Waals surface area contributed by atoms with Crippen LogP contribution in [0.25, 0.3) is 22.8 Å². The number of fused-ring (bicyclic) bond motifs is 1. The highest BCUT2D eigenvalue weighted by molar-refractivity contribution is 5.74. The second-order valence-corrected chi connectivity index (χ2v) is 8.55. The topological polar surface area (TPSA) is 107 Å². The summed E-state index contributed by atoms with van der Waals surface area (Å²) in [6.07, 6.45) is 2.24. The summed E-state index contributed by atoms with van der Waals surface area (Å²) in [6.45, 7) is 6.45. The Morgan fingerprint density at radius 2 is 2.06 bits per heavy atom. The fraction of sp³-hybridized carbons (Fsp3) is 0.400. The van der Waals surface area contributed by atoms with Crippen molar-refractivity contribution in [3.05, 3.63) is 47.5 Å². The number of nitrogens with zero attached hydrogens (tertiary/aromatic N) is 3. The van der Waals surface area contributed by atoms with Gasteiger partial charge in [-0.15, -0.1) is 0 Å². The van der Waals surface area contributed by atoms with Crippen LogP contribution >= 0.6 is 0 Å². The first kappa shape index (κ1) is 22.8. The minimum absolute atomic E-state index is 0.0815. The van der Waals surface area contributed by atoms with Crippen LogP contribution in [0.1, 0.15) is 31.4 Å². The molecule has 8 heteroatoms. The molecule has 1 aliphatic rings. The summed E-state index contributed by atoms with van der Waals surface area (Å²) in [7, 11) is 1.86. The van der Waals surface area contributed by atoms with Gasteiger partial charge in [0.2, 0.25) is 11.7 Å². The zero-order valence-corrected chi connectivity index (χ0v) is 19.4. The first-order valence-corrected chi connectivity index (χ1v) is 11.4. The first-order valence-electron chi connectivity index (χ1n) is 11.4. The number of rotatable bonds is 8. The molecule has 0 aliphatic carbocycles. The van der Waals surface area contributed by atoms with Gasteiger partial charge in [0.05, 0.1) is 11.8 Å². The van der Waals surface area contributed by atoms with Gasteiger partial charge in [-0.05, 0) is 56.0 Å². The van der Waals surface area contributed by atoms with Crippen LogP contribution in [0.4, 0.5) is 5.69 Å². The molecule has 0 bridgehead atoms. The molecule has 174 valence electrons. The summed E-state index contributed by atoms with van der Waals surface area (Å²) in [4.78, 5) is 18.2. The normalized spacial score (nSPS) is 14.1. The van der Waals surface area contributed by atoms with Gasteiger partial charge < -0.3 is 25.2 Å². The van der Waals surface area contributed by atoms with E-state index in [9.17, 15) is 4.79 Å². The van der Waals surface area contributed by atoms with Crippen molar-refractivity contribution in [2.45, 2.75) is 39.2 Å². The second-order valence-electron chi connectivity index (χ2n) is 8.55. The van der Waals surface area contributed by atoms with Gasteiger partial charge in [0, 0.05) is 44.2 Å². The molecule has 1 aliphatic heterocycles. The van der Waals surface area contributed by atoms with Crippen molar-refractivity contribution in [1.29, 1.82) is 0 Å². The number of aromatic nitrogens is 2. The lowest BCUT2D eigenvalue weighted by atomic mass is 9.97. The van der Waals surface area contributed by atoms with Gasteiger partial charge in [-0.2, -0.15) is 4.98 Å². The van der Waals surface area contributed by atoms with Crippen molar-refractivity contribution in [1.82, 2.24) is 15.0 Å². The molecule has 4 rings (SSSR count). The fourth-order valence-electron chi connectivity index (χ4n) is 4.19. The zero-order chi connectivity index (χ0) is 23.4. The molecule has 33 heavy (non-hydrogen) atoms. The molecule has 0 unspecified atom stereocenters. The highest BCUT2D eigenvalue weighted by Gasteiger charge is 2.21. The molecule has 2 aromatic carbocycles. The molecule has 0 radical (unpaired) electrons. The Morgan fingerprint density at radius 3 is 2.82 bits per heavy atom. The van der Waals surface area contributed by atoms with Gasteiger partial charge in [0.1, 0.15) is 5.75 Å². The minimum atomic E-state index is -0.262. The van der Waals surface area contributed by atoms with E-state index in [1.54, 1.807) is 0 Å². The van der Waals surface area contributed by atoms with Crippen LogP contribution in [0.3, 0.4) is 0 Å². The van der Waals surface area contributed by atoms with Crippen molar-refractivity contribution < 1.29 is 14.1 Å². The molecule has 1 amide bonds. The number of primary amides is 1. The molecule has 3 N–H and O–H groups in total. The Hall–Kier alpha value is -3.39. The van der Waals surface area contributed by atoms with Crippen LogP contribution < -0.4 is 15.8 Å². The number of amides is 1. The Kier molecular flexibility index (Phi) is 6.93. The quantitative estimate of drug-likeness (QED) is 0.542. The smallest absolute Gasteiger partial charge is 0.258 e. The molecule has 0 spiro atoms. The average Bonchev–Trinajstić information content (AvgIpc) is 3.19. The third kappa shape index (κ3) is 5.34. The van der Waals surface area contributed by atoms with Gasteiger partial charge in [0.15, 0.2) is 0 Å². The maximum absolute atomic E-state index is 11.2. The molecular formula is C25H31N5O3. The summed E-state index contributed by atoms with van der Waals surface area (Å²) in [6, 6.07) is 12.0. The van der Waals surface area contributed by atoms with Crippen molar-refractivity contribution in [2.75, 3.05) is 32.0 Å². The summed E-state index contributed by atoms with van der Waals surface area (Å²) < 4.78 is 11.5. The maximum atomic E-state index is 11.2. The van der Waals surface area contributed by atoms with Crippen LogP contribution in [0.2, 0.25) is 0 Å². The van der Waals surface area contributed by atoms with Gasteiger partial charge in [-0.1, -0.05) is 23.4 Å². The van der Waals surface area contributed by atoms with Crippen molar-refractivity contribution in [2.24, 2.45) is 5.73 Å². The number of ether oxygens (including phenoxy) is 1. The highest BCUT2D eigenvalue weighted by atomic mass is 16.5. The monoisotopic (exact) mass is 449 g/mol. The molecule has 0 fully saturated rings. The Labute approximate surface area is 194 Å². The number of nitrogens with two attached hydrogens (primary N) is 1. The van der Waals surface area contributed by atoms with Crippen molar-refractivity contribution in [3.63, 3.8) is 0 Å². The van der Waals surface area contributed by atoms with E-state index in [1.165, 1.54) is 11.1 Å². The standard InChI is InChI=1S/C25H31N5O3/c1-16(2)32-22-8-7-18(15-21(22)27-3)25-28-24(29-33-25)20-6-4-5-17-9-12-30(13-10-19(17)20)14-11-23(26)31/h4-8,15-16,27H,9-14H2,1-3H3,(H2,26,31). The molecule has 0 atom stereocenters. The van der Waals surface area contributed by atoms with Crippen LogP contribution in [-0.2, 0) is 17.6 Å². The number of nitrogens with one attached hydrogen (secondary N) is 1. The molecular weight excluding hydrogens is 418 g/mol. The number of hydrogen-bond donors (Lipinski definition) is 2. The SMILES string of the molecule is CNc1cc(-c2nc(-c3cccc4c3CCN(CCC(N)=O)CC4)no2)ccc1OC(C)C. The molecule has 3 aromatic rings. The van der Waals surface area contributed by atoms with Gasteiger partial charge in [-0.3, -0.25) is 4.79 Å². The largest absolute Gasteiger partial charge is 0.489 e. The molecule has 0 saturated heterocycles. The predicted molar refractivity (Wildman–Crippen MR) is 128 cm³/mol. The van der Waals surface area contributed by atoms with E-state index in [0.717, 1.165) is 48.5 Å². The Morgan fingerprint density at radius 1 is 1.24 bits per heavy atom. The van der Waals surface area contributed by atoms with E-state index in [4.69, 9.17) is 20.0 Å². The van der Waals surface area contributed by atoms with Crippen molar-refractivity contribution >= 4 is 11.6 Å². The average molecular weight is 450 g/mol. The Balaban J connectivity index is 1.58. The van der Waals surface area contributed by atoms with Gasteiger partial charge in [0.25, 0.3) is 5.89 Å². The van der Waals surface area contributed by atoms with E-state index >= 15 is 0 Å². The third-order valence-electron chi connectivity index (χ3n) is 5.85. The van der Waals surface area contributed by atoms with Crippen LogP contribution in [0, 0.1) is 0 Å². The summed E-state index contributed by atoms with van der Waals surface area (Å²) in [5.74, 6) is 1.57. The van der Waals surface area contributed by atoms with E-state index in [0.29, 0.717) is 24.7 Å². The highest BCUT2D eigenvalue weighted by Crippen LogP contribution is 2.33.